The molecule has 1 aliphatic rings. The summed E-state index contributed by atoms with van der Waals surface area (Å²) in [4.78, 5) is 4.41. The summed E-state index contributed by atoms with van der Waals surface area (Å²) < 4.78 is 62.7. The quantitative estimate of drug-likeness (QED) is 0.799. The highest BCUT2D eigenvalue weighted by molar-refractivity contribution is 7.89. The van der Waals surface area contributed by atoms with Gasteiger partial charge in [0.15, 0.2) is 0 Å². The normalized spacial score (nSPS) is 20.7. The average molecular weight is 420 g/mol. The van der Waals surface area contributed by atoms with Gasteiger partial charge in [-0.05, 0) is 36.4 Å². The smallest absolute Gasteiger partial charge is 0.361 e. The first-order chi connectivity index (χ1) is 12.4. The highest BCUT2D eigenvalue weighted by atomic mass is 35.5. The number of hydrogen-bond donors (Lipinski definition) is 2. The minimum absolute atomic E-state index is 0.147. The van der Waals surface area contributed by atoms with Crippen LogP contribution in [-0.2, 0) is 10.0 Å². The molecule has 0 radical (unpaired) electrons. The van der Waals surface area contributed by atoms with Crippen LogP contribution in [0.15, 0.2) is 58.4 Å². The maximum Gasteiger partial charge on any atom is 0.440 e. The standard InChI is InChI=1S/C16H13ClF3N3O3S/c17-13-4-2-1-3-12(13)14-22-15(24,16(18,19)20)9-23(14)10-5-7-11(8-6-10)27(21,25)26/h1-8,24H,9H2,(H2,21,25,26). The predicted molar refractivity (Wildman–Crippen MR) is 94.2 cm³/mol. The fourth-order valence-electron chi connectivity index (χ4n) is 2.60. The molecule has 0 saturated carbocycles. The van der Waals surface area contributed by atoms with Gasteiger partial charge in [0.05, 0.1) is 16.5 Å². The lowest BCUT2D eigenvalue weighted by atomic mass is 10.1. The molecule has 1 aliphatic heterocycles. The molecular weight excluding hydrogens is 407 g/mol. The minimum atomic E-state index is -5.02. The SMILES string of the molecule is NS(=O)(=O)c1ccc(N2CC(O)(C(F)(F)F)N=C2c2ccccc2Cl)cc1. The summed E-state index contributed by atoms with van der Waals surface area (Å²) in [6.07, 6.45) is -5.02. The van der Waals surface area contributed by atoms with Crippen molar-refractivity contribution in [2.45, 2.75) is 16.8 Å². The van der Waals surface area contributed by atoms with Gasteiger partial charge in [-0.15, -0.1) is 0 Å². The topological polar surface area (TPSA) is 96.0 Å². The van der Waals surface area contributed by atoms with E-state index in [1.807, 2.05) is 0 Å². The van der Waals surface area contributed by atoms with Crippen LogP contribution >= 0.6 is 11.6 Å². The maximum atomic E-state index is 13.3. The summed E-state index contributed by atoms with van der Waals surface area (Å²) in [5, 5.41) is 15.2. The molecule has 1 atom stereocenters. The number of amidine groups is 1. The van der Waals surface area contributed by atoms with E-state index in [1.54, 1.807) is 12.1 Å². The van der Waals surface area contributed by atoms with Crippen molar-refractivity contribution in [3.05, 3.63) is 59.1 Å². The van der Waals surface area contributed by atoms with Crippen molar-refractivity contribution in [3.8, 4) is 0 Å². The largest absolute Gasteiger partial charge is 0.440 e. The van der Waals surface area contributed by atoms with Crippen LogP contribution < -0.4 is 10.0 Å². The zero-order valence-corrected chi connectivity index (χ0v) is 15.1. The molecule has 0 amide bonds. The number of hydrogen-bond acceptors (Lipinski definition) is 5. The summed E-state index contributed by atoms with van der Waals surface area (Å²) in [6, 6.07) is 11.0. The molecular formula is C16H13ClF3N3O3S. The summed E-state index contributed by atoms with van der Waals surface area (Å²) >= 11 is 6.08. The van der Waals surface area contributed by atoms with Crippen LogP contribution in [0.25, 0.3) is 0 Å². The molecule has 2 aromatic carbocycles. The van der Waals surface area contributed by atoms with E-state index < -0.39 is 28.5 Å². The van der Waals surface area contributed by atoms with Crippen molar-refractivity contribution in [2.24, 2.45) is 10.1 Å². The van der Waals surface area contributed by atoms with Gasteiger partial charge in [-0.2, -0.15) is 13.2 Å². The molecule has 27 heavy (non-hydrogen) atoms. The Morgan fingerprint density at radius 2 is 1.74 bits per heavy atom. The van der Waals surface area contributed by atoms with Gasteiger partial charge in [-0.25, -0.2) is 18.5 Å². The highest BCUT2D eigenvalue weighted by Gasteiger charge is 2.59. The van der Waals surface area contributed by atoms with Gasteiger partial charge in [0, 0.05) is 11.3 Å². The van der Waals surface area contributed by atoms with Gasteiger partial charge in [0.2, 0.25) is 10.0 Å². The van der Waals surface area contributed by atoms with Gasteiger partial charge in [0.25, 0.3) is 5.72 Å². The van der Waals surface area contributed by atoms with Crippen LogP contribution in [0, 0.1) is 0 Å². The van der Waals surface area contributed by atoms with Crippen LogP contribution in [0.1, 0.15) is 5.56 Å². The number of nitrogens with two attached hydrogens (primary N) is 1. The Bertz CT molecular complexity index is 1010. The minimum Gasteiger partial charge on any atom is -0.361 e. The van der Waals surface area contributed by atoms with Crippen LogP contribution in [0.3, 0.4) is 0 Å². The van der Waals surface area contributed by atoms with E-state index in [0.29, 0.717) is 0 Å². The predicted octanol–water partition coefficient (Wildman–Crippen LogP) is 2.51. The second-order valence-electron chi connectivity index (χ2n) is 5.85. The number of nitrogens with zero attached hydrogens (tertiary/aromatic N) is 2. The maximum absolute atomic E-state index is 13.3. The number of sulfonamides is 1. The molecule has 2 aromatic rings. The second kappa shape index (κ2) is 6.48. The number of anilines is 1. The molecule has 0 aromatic heterocycles. The van der Waals surface area contributed by atoms with Crippen molar-refractivity contribution in [1.82, 2.24) is 0 Å². The first-order valence-electron chi connectivity index (χ1n) is 7.47. The molecule has 0 spiro atoms. The Morgan fingerprint density at radius 1 is 1.15 bits per heavy atom. The number of β-amino-alcohol motifs (C(OH)–C–C–N with tert-alkyl or cyclic N) is 1. The summed E-state index contributed by atoms with van der Waals surface area (Å²) in [5.74, 6) is -0.191. The van der Waals surface area contributed by atoms with Crippen LogP contribution in [-0.4, -0.2) is 37.8 Å². The third-order valence-corrected chi connectivity index (χ3v) is 5.23. The number of aliphatic hydroxyl groups is 1. The third kappa shape index (κ3) is 3.65. The summed E-state index contributed by atoms with van der Waals surface area (Å²) in [6.45, 7) is -0.911. The third-order valence-electron chi connectivity index (χ3n) is 3.97. The Kier molecular flexibility index (Phi) is 4.71. The highest BCUT2D eigenvalue weighted by Crippen LogP contribution is 2.39. The first-order valence-corrected chi connectivity index (χ1v) is 9.39. The molecule has 0 saturated heterocycles. The summed E-state index contributed by atoms with van der Waals surface area (Å²) in [7, 11) is -3.96. The Hall–Kier alpha value is -2.14. The molecule has 11 heteroatoms. The molecule has 3 N–H and O–H groups in total. The van der Waals surface area contributed by atoms with Gasteiger partial charge in [0.1, 0.15) is 5.84 Å². The fourth-order valence-corrected chi connectivity index (χ4v) is 3.33. The first kappa shape index (κ1) is 19.6. The average Bonchev–Trinajstić information content (AvgIpc) is 2.93. The lowest BCUT2D eigenvalue weighted by Crippen LogP contribution is -2.47. The van der Waals surface area contributed by atoms with E-state index >= 15 is 0 Å². The molecule has 6 nitrogen and oxygen atoms in total. The number of halogens is 4. The number of benzene rings is 2. The van der Waals surface area contributed by atoms with Crippen LogP contribution in [0.4, 0.5) is 18.9 Å². The van der Waals surface area contributed by atoms with Gasteiger partial charge in [-0.1, -0.05) is 23.7 Å². The Labute approximate surface area is 157 Å². The number of aliphatic imine (C=N–C) groups is 1. The lowest BCUT2D eigenvalue weighted by molar-refractivity contribution is -0.249. The monoisotopic (exact) mass is 419 g/mol. The molecule has 1 heterocycles. The number of primary sulfonamides is 1. The van der Waals surface area contributed by atoms with E-state index in [4.69, 9.17) is 16.7 Å². The van der Waals surface area contributed by atoms with Crippen LogP contribution in [0.2, 0.25) is 5.02 Å². The van der Waals surface area contributed by atoms with Crippen molar-refractivity contribution in [3.63, 3.8) is 0 Å². The molecule has 0 aliphatic carbocycles. The van der Waals surface area contributed by atoms with E-state index in [1.165, 1.54) is 24.3 Å². The number of rotatable bonds is 3. The molecule has 1 unspecified atom stereocenters. The van der Waals surface area contributed by atoms with Crippen LogP contribution in [0.5, 0.6) is 0 Å². The zero-order chi connectivity index (χ0) is 20.0. The lowest BCUT2D eigenvalue weighted by Gasteiger charge is -2.25. The van der Waals surface area contributed by atoms with Gasteiger partial charge < -0.3 is 10.0 Å². The molecule has 3 rings (SSSR count). The van der Waals surface area contributed by atoms with Gasteiger partial charge >= 0.3 is 6.18 Å². The van der Waals surface area contributed by atoms with Gasteiger partial charge in [-0.3, -0.25) is 0 Å². The van der Waals surface area contributed by atoms with Crippen molar-refractivity contribution >= 4 is 33.1 Å². The van der Waals surface area contributed by atoms with Crippen molar-refractivity contribution in [1.29, 1.82) is 0 Å². The van der Waals surface area contributed by atoms with E-state index in [-0.39, 0.29) is 27.0 Å². The van der Waals surface area contributed by atoms with E-state index in [2.05, 4.69) is 4.99 Å². The second-order valence-corrected chi connectivity index (χ2v) is 7.82. The molecule has 0 bridgehead atoms. The zero-order valence-electron chi connectivity index (χ0n) is 13.5. The molecule has 144 valence electrons. The van der Waals surface area contributed by atoms with E-state index in [9.17, 15) is 26.7 Å². The fraction of sp³-hybridized carbons (Fsp3) is 0.188. The molecule has 0 fully saturated rings. The Morgan fingerprint density at radius 3 is 2.26 bits per heavy atom. The number of alkyl halides is 3. The van der Waals surface area contributed by atoms with Crippen molar-refractivity contribution in [2.75, 3.05) is 11.4 Å². The summed E-state index contributed by atoms with van der Waals surface area (Å²) in [5.41, 5.74) is -2.96. The van der Waals surface area contributed by atoms with Crippen molar-refractivity contribution < 1.29 is 26.7 Å². The Balaban J connectivity index is 2.11. The van der Waals surface area contributed by atoms with E-state index in [0.717, 1.165) is 17.0 Å².